The molecule has 1 aliphatic heterocycles. The zero-order chi connectivity index (χ0) is 19.9. The smallest absolute Gasteiger partial charge is 0.239 e. The second-order valence-electron chi connectivity index (χ2n) is 5.83. The Morgan fingerprint density at radius 2 is 1.86 bits per heavy atom. The fraction of sp³-hybridized carbons (Fsp3) is 0.250. The van der Waals surface area contributed by atoms with Crippen LogP contribution >= 0.6 is 11.8 Å². The van der Waals surface area contributed by atoms with Crippen molar-refractivity contribution < 1.29 is 19.0 Å². The summed E-state index contributed by atoms with van der Waals surface area (Å²) in [6, 6.07) is 13.1. The average Bonchev–Trinajstić information content (AvgIpc) is 3.07. The number of nitrogens with zero attached hydrogens (tertiary/aromatic N) is 3. The summed E-state index contributed by atoms with van der Waals surface area (Å²) in [7, 11) is 4.77. The van der Waals surface area contributed by atoms with Crippen LogP contribution in [0.3, 0.4) is 0 Å². The molecule has 7 nitrogen and oxygen atoms in total. The fourth-order valence-electron chi connectivity index (χ4n) is 2.70. The van der Waals surface area contributed by atoms with Gasteiger partial charge in [0.25, 0.3) is 0 Å². The highest BCUT2D eigenvalue weighted by Gasteiger charge is 2.28. The van der Waals surface area contributed by atoms with Crippen LogP contribution in [0.25, 0.3) is 0 Å². The Hall–Kier alpha value is -3.00. The molecule has 1 amide bonds. The van der Waals surface area contributed by atoms with Crippen LogP contribution in [-0.2, 0) is 11.3 Å². The third kappa shape index (κ3) is 4.45. The lowest BCUT2D eigenvalue weighted by molar-refractivity contribution is -0.124. The Kier molecular flexibility index (Phi) is 6.54. The van der Waals surface area contributed by atoms with Crippen LogP contribution in [-0.4, -0.2) is 49.3 Å². The molecule has 0 atom stereocenters. The van der Waals surface area contributed by atoms with Crippen molar-refractivity contribution in [3.63, 3.8) is 0 Å². The normalized spacial score (nSPS) is 15.5. The number of carbonyl (C=O) groups excluding carboxylic acids is 1. The summed E-state index contributed by atoms with van der Waals surface area (Å²) in [6.45, 7) is 0.437. The maximum atomic E-state index is 12.2. The molecule has 28 heavy (non-hydrogen) atoms. The molecule has 1 aliphatic rings. The highest BCUT2D eigenvalue weighted by atomic mass is 32.2. The molecule has 0 radical (unpaired) electrons. The molecule has 1 saturated heterocycles. The maximum Gasteiger partial charge on any atom is 0.239 e. The largest absolute Gasteiger partial charge is 0.497 e. The number of hydrogen-bond donors (Lipinski definition) is 0. The first-order chi connectivity index (χ1) is 13.7. The van der Waals surface area contributed by atoms with Crippen LogP contribution in [0.2, 0.25) is 0 Å². The van der Waals surface area contributed by atoms with Gasteiger partial charge in [-0.2, -0.15) is 5.10 Å². The van der Waals surface area contributed by atoms with E-state index < -0.39 is 0 Å². The Balaban J connectivity index is 1.77. The summed E-state index contributed by atoms with van der Waals surface area (Å²) in [4.78, 5) is 13.9. The van der Waals surface area contributed by atoms with Gasteiger partial charge in [0.2, 0.25) is 5.91 Å². The molecule has 0 spiro atoms. The molecular weight excluding hydrogens is 378 g/mol. The SMILES string of the molecule is COc1ccc(CN2C(=O)CS/C2=N/N=C/c2cccc(OC)c2OC)cc1. The number of hydrogen-bond acceptors (Lipinski definition) is 7. The van der Waals surface area contributed by atoms with E-state index in [-0.39, 0.29) is 5.91 Å². The zero-order valence-electron chi connectivity index (χ0n) is 15.9. The Morgan fingerprint density at radius 1 is 1.07 bits per heavy atom. The lowest BCUT2D eigenvalue weighted by atomic mass is 10.2. The third-order valence-electron chi connectivity index (χ3n) is 4.13. The molecule has 0 aliphatic carbocycles. The molecule has 0 bridgehead atoms. The first-order valence-corrected chi connectivity index (χ1v) is 9.53. The standard InChI is InChI=1S/C20H21N3O4S/c1-25-16-9-7-14(8-10-16)12-23-18(24)13-28-20(23)22-21-11-15-5-4-6-17(26-2)19(15)27-3/h4-11H,12-13H2,1-3H3/b21-11+,22-20+. The molecule has 1 fully saturated rings. The van der Waals surface area contributed by atoms with Gasteiger partial charge in [0.15, 0.2) is 16.7 Å². The van der Waals surface area contributed by atoms with E-state index in [1.807, 2.05) is 42.5 Å². The number of benzene rings is 2. The number of thioether (sulfide) groups is 1. The molecule has 0 unspecified atom stereocenters. The topological polar surface area (TPSA) is 72.7 Å². The molecule has 2 aromatic rings. The Morgan fingerprint density at radius 3 is 2.54 bits per heavy atom. The van der Waals surface area contributed by atoms with Gasteiger partial charge in [-0.25, -0.2) is 0 Å². The number of rotatable bonds is 7. The van der Waals surface area contributed by atoms with E-state index in [2.05, 4.69) is 10.2 Å². The number of para-hydroxylation sites is 1. The van der Waals surface area contributed by atoms with Crippen molar-refractivity contribution in [2.24, 2.45) is 10.2 Å². The Labute approximate surface area is 168 Å². The van der Waals surface area contributed by atoms with Crippen molar-refractivity contribution in [1.29, 1.82) is 0 Å². The molecule has 2 aromatic carbocycles. The molecule has 1 heterocycles. The molecule has 0 saturated carbocycles. The minimum atomic E-state index is 0.00808. The number of carbonyl (C=O) groups is 1. The van der Waals surface area contributed by atoms with Crippen LogP contribution in [0.5, 0.6) is 17.2 Å². The minimum absolute atomic E-state index is 0.00808. The van der Waals surface area contributed by atoms with Crippen molar-refractivity contribution in [3.05, 3.63) is 53.6 Å². The van der Waals surface area contributed by atoms with Gasteiger partial charge in [-0.3, -0.25) is 9.69 Å². The highest BCUT2D eigenvalue weighted by Crippen LogP contribution is 2.29. The molecule has 3 rings (SSSR count). The van der Waals surface area contributed by atoms with Crippen molar-refractivity contribution in [1.82, 2.24) is 4.90 Å². The molecule has 0 N–H and O–H groups in total. The highest BCUT2D eigenvalue weighted by molar-refractivity contribution is 8.15. The zero-order valence-corrected chi connectivity index (χ0v) is 16.7. The summed E-state index contributed by atoms with van der Waals surface area (Å²) < 4.78 is 15.8. The number of amides is 1. The van der Waals surface area contributed by atoms with Crippen LogP contribution in [0.15, 0.2) is 52.7 Å². The van der Waals surface area contributed by atoms with Crippen LogP contribution in [0, 0.1) is 0 Å². The van der Waals surface area contributed by atoms with Gasteiger partial charge in [0, 0.05) is 5.56 Å². The summed E-state index contributed by atoms with van der Waals surface area (Å²) in [5.74, 6) is 2.34. The van der Waals surface area contributed by atoms with Gasteiger partial charge in [-0.15, -0.1) is 5.10 Å². The van der Waals surface area contributed by atoms with Crippen LogP contribution < -0.4 is 14.2 Å². The Bertz CT molecular complexity index is 897. The molecule has 8 heteroatoms. The van der Waals surface area contributed by atoms with Crippen LogP contribution in [0.4, 0.5) is 0 Å². The van der Waals surface area contributed by atoms with Crippen molar-refractivity contribution in [2.45, 2.75) is 6.54 Å². The number of amidine groups is 1. The summed E-state index contributed by atoms with van der Waals surface area (Å²) in [5.41, 5.74) is 1.73. The van der Waals surface area contributed by atoms with Gasteiger partial charge < -0.3 is 14.2 Å². The minimum Gasteiger partial charge on any atom is -0.497 e. The van der Waals surface area contributed by atoms with Gasteiger partial charge in [0.1, 0.15) is 5.75 Å². The van der Waals surface area contributed by atoms with Crippen molar-refractivity contribution in [2.75, 3.05) is 27.1 Å². The lowest BCUT2D eigenvalue weighted by Gasteiger charge is -2.15. The average molecular weight is 399 g/mol. The van der Waals surface area contributed by atoms with E-state index >= 15 is 0 Å². The van der Waals surface area contributed by atoms with E-state index in [0.29, 0.717) is 29.0 Å². The quantitative estimate of drug-likeness (QED) is 0.528. The van der Waals surface area contributed by atoms with E-state index in [4.69, 9.17) is 14.2 Å². The van der Waals surface area contributed by atoms with E-state index in [0.717, 1.165) is 16.9 Å². The van der Waals surface area contributed by atoms with Gasteiger partial charge in [-0.05, 0) is 29.8 Å². The molecular formula is C20H21N3O4S. The summed E-state index contributed by atoms with van der Waals surface area (Å²) in [5, 5.41) is 8.97. The van der Waals surface area contributed by atoms with Gasteiger partial charge in [0.05, 0.1) is 39.8 Å². The monoisotopic (exact) mass is 399 g/mol. The second-order valence-corrected chi connectivity index (χ2v) is 6.77. The first kappa shape index (κ1) is 19.8. The predicted octanol–water partition coefficient (Wildman–Crippen LogP) is 3.18. The van der Waals surface area contributed by atoms with E-state index in [1.54, 1.807) is 32.4 Å². The maximum absolute atomic E-state index is 12.2. The van der Waals surface area contributed by atoms with Gasteiger partial charge >= 0.3 is 0 Å². The lowest BCUT2D eigenvalue weighted by Crippen LogP contribution is -2.28. The summed E-state index contributed by atoms with van der Waals surface area (Å²) in [6.07, 6.45) is 1.59. The van der Waals surface area contributed by atoms with E-state index in [1.165, 1.54) is 11.8 Å². The van der Waals surface area contributed by atoms with Crippen LogP contribution in [0.1, 0.15) is 11.1 Å². The second kappa shape index (κ2) is 9.27. The predicted molar refractivity (Wildman–Crippen MR) is 111 cm³/mol. The summed E-state index contributed by atoms with van der Waals surface area (Å²) >= 11 is 1.37. The third-order valence-corrected chi connectivity index (χ3v) is 5.08. The number of ether oxygens (including phenoxy) is 3. The molecule has 0 aromatic heterocycles. The van der Waals surface area contributed by atoms with Gasteiger partial charge in [-0.1, -0.05) is 30.0 Å². The first-order valence-electron chi connectivity index (χ1n) is 8.54. The van der Waals surface area contributed by atoms with Crippen molar-refractivity contribution >= 4 is 29.1 Å². The van der Waals surface area contributed by atoms with E-state index in [9.17, 15) is 4.79 Å². The van der Waals surface area contributed by atoms with Crippen molar-refractivity contribution in [3.8, 4) is 17.2 Å². The molecule has 146 valence electrons. The number of methoxy groups -OCH3 is 3. The fourth-order valence-corrected chi connectivity index (χ4v) is 3.53.